The zero-order valence-electron chi connectivity index (χ0n) is 14.0. The average Bonchev–Trinajstić information content (AvgIpc) is 2.64. The molecule has 2 aromatic rings. The Kier molecular flexibility index (Phi) is 4.05. The molecule has 0 spiro atoms. The first-order valence-electron chi connectivity index (χ1n) is 8.46. The molecule has 2 aliphatic rings. The van der Waals surface area contributed by atoms with E-state index in [1.165, 1.54) is 18.2 Å². The highest BCUT2D eigenvalue weighted by Gasteiger charge is 2.31. The Morgan fingerprint density at radius 2 is 2.00 bits per heavy atom. The fraction of sp³-hybridized carbons (Fsp3) is 0.333. The lowest BCUT2D eigenvalue weighted by atomic mass is 9.84. The second-order valence-corrected chi connectivity index (χ2v) is 8.41. The van der Waals surface area contributed by atoms with Crippen LogP contribution in [0.25, 0.3) is 0 Å². The summed E-state index contributed by atoms with van der Waals surface area (Å²) in [5.41, 5.74) is 0.657. The number of hydrogen-bond acceptors (Lipinski definition) is 5. The summed E-state index contributed by atoms with van der Waals surface area (Å²) in [7, 11) is -4.02. The number of sulfonamides is 1. The normalized spacial score (nSPS) is 21.5. The molecule has 8 heteroatoms. The Labute approximate surface area is 151 Å². The monoisotopic (exact) mass is 370 g/mol. The first kappa shape index (κ1) is 16.8. The molecule has 26 heavy (non-hydrogen) atoms. The number of nitrogens with one attached hydrogen (secondary N) is 2. The molecule has 1 saturated heterocycles. The maximum atomic E-state index is 12.9. The van der Waals surface area contributed by atoms with Crippen molar-refractivity contribution in [1.29, 1.82) is 5.26 Å². The van der Waals surface area contributed by atoms with Crippen LogP contribution in [-0.4, -0.2) is 26.1 Å². The summed E-state index contributed by atoms with van der Waals surface area (Å²) < 4.78 is 29.4. The molecule has 2 bridgehead atoms. The van der Waals surface area contributed by atoms with Crippen LogP contribution in [0.4, 0.5) is 5.69 Å². The average molecular weight is 370 g/mol. The van der Waals surface area contributed by atoms with Crippen molar-refractivity contribution >= 4 is 15.7 Å². The van der Waals surface area contributed by atoms with Crippen molar-refractivity contribution in [3.63, 3.8) is 0 Å². The third-order valence-corrected chi connectivity index (χ3v) is 6.47. The third-order valence-electron chi connectivity index (χ3n) is 5.05. The number of hydrogen-bond donors (Lipinski definition) is 2. The van der Waals surface area contributed by atoms with E-state index in [2.05, 4.69) is 10.0 Å². The Morgan fingerprint density at radius 1 is 1.19 bits per heavy atom. The quantitative estimate of drug-likeness (QED) is 0.846. The van der Waals surface area contributed by atoms with E-state index in [1.807, 2.05) is 12.1 Å². The van der Waals surface area contributed by atoms with Crippen LogP contribution in [0.2, 0.25) is 0 Å². The largest absolute Gasteiger partial charge is 0.316 e. The summed E-state index contributed by atoms with van der Waals surface area (Å²) in [5.74, 6) is 0.658. The van der Waals surface area contributed by atoms with Crippen LogP contribution in [0.15, 0.2) is 46.1 Å². The number of pyridine rings is 1. The van der Waals surface area contributed by atoms with E-state index in [0.29, 0.717) is 12.5 Å². The zero-order chi connectivity index (χ0) is 18.3. The molecule has 7 nitrogen and oxygen atoms in total. The molecule has 0 saturated carbocycles. The maximum absolute atomic E-state index is 12.9. The van der Waals surface area contributed by atoms with Gasteiger partial charge in [0.05, 0.1) is 5.56 Å². The number of fused-ring (bicyclic) bond motifs is 4. The Hall–Kier alpha value is -2.63. The van der Waals surface area contributed by atoms with Crippen LogP contribution >= 0.6 is 0 Å². The molecular weight excluding hydrogens is 352 g/mol. The van der Waals surface area contributed by atoms with Gasteiger partial charge in [-0.2, -0.15) is 5.26 Å². The van der Waals surface area contributed by atoms with Gasteiger partial charge in [-0.3, -0.25) is 9.52 Å². The van der Waals surface area contributed by atoms with Gasteiger partial charge in [0.1, 0.15) is 16.7 Å². The Balaban J connectivity index is 1.73. The fourth-order valence-electron chi connectivity index (χ4n) is 3.86. The van der Waals surface area contributed by atoms with Crippen LogP contribution in [0, 0.1) is 17.2 Å². The number of benzene rings is 1. The molecule has 1 aromatic carbocycles. The van der Waals surface area contributed by atoms with Gasteiger partial charge in [-0.25, -0.2) is 8.42 Å². The number of piperidine rings is 1. The lowest BCUT2D eigenvalue weighted by Gasteiger charge is -2.37. The van der Waals surface area contributed by atoms with E-state index in [4.69, 9.17) is 5.26 Å². The van der Waals surface area contributed by atoms with Gasteiger partial charge < -0.3 is 9.88 Å². The molecule has 0 amide bonds. The molecule has 2 atom stereocenters. The molecule has 3 heterocycles. The van der Waals surface area contributed by atoms with E-state index in [-0.39, 0.29) is 27.6 Å². The van der Waals surface area contributed by atoms with Gasteiger partial charge >= 0.3 is 0 Å². The van der Waals surface area contributed by atoms with E-state index < -0.39 is 10.0 Å². The van der Waals surface area contributed by atoms with Gasteiger partial charge in [0.2, 0.25) is 0 Å². The second kappa shape index (κ2) is 6.27. The Morgan fingerprint density at radius 3 is 2.81 bits per heavy atom. The van der Waals surface area contributed by atoms with Crippen molar-refractivity contribution < 1.29 is 8.42 Å². The van der Waals surface area contributed by atoms with Crippen LogP contribution in [0.3, 0.4) is 0 Å². The minimum Gasteiger partial charge on any atom is -0.316 e. The van der Waals surface area contributed by atoms with Crippen molar-refractivity contribution in [1.82, 2.24) is 9.88 Å². The summed E-state index contributed by atoms with van der Waals surface area (Å²) in [4.78, 5) is 12.7. The molecule has 1 aromatic heterocycles. The molecule has 134 valence electrons. The Bertz CT molecular complexity index is 1070. The molecule has 4 rings (SSSR count). The van der Waals surface area contributed by atoms with Gasteiger partial charge in [-0.15, -0.1) is 0 Å². The third kappa shape index (κ3) is 2.79. The minimum atomic E-state index is -4.02. The van der Waals surface area contributed by atoms with E-state index in [0.717, 1.165) is 25.2 Å². The number of nitrogens with zero attached hydrogens (tertiary/aromatic N) is 2. The van der Waals surface area contributed by atoms with Crippen LogP contribution in [-0.2, 0) is 16.6 Å². The summed E-state index contributed by atoms with van der Waals surface area (Å²) in [6.45, 7) is 2.28. The summed E-state index contributed by atoms with van der Waals surface area (Å²) in [5, 5.41) is 12.5. The molecule has 0 radical (unpaired) electrons. The molecule has 0 aliphatic carbocycles. The van der Waals surface area contributed by atoms with Crippen molar-refractivity contribution in [2.75, 3.05) is 17.8 Å². The summed E-state index contributed by atoms with van der Waals surface area (Å²) in [6, 6.07) is 11.1. The number of anilines is 1. The summed E-state index contributed by atoms with van der Waals surface area (Å²) >= 11 is 0. The van der Waals surface area contributed by atoms with Crippen molar-refractivity contribution in [2.24, 2.45) is 5.92 Å². The highest BCUT2D eigenvalue weighted by atomic mass is 32.2. The number of aromatic nitrogens is 1. The van der Waals surface area contributed by atoms with Crippen molar-refractivity contribution in [3.8, 4) is 6.07 Å². The molecule has 2 N–H and O–H groups in total. The second-order valence-electron chi connectivity index (χ2n) is 6.76. The number of nitriles is 1. The standard InChI is InChI=1S/C18H18N4O3S/c19-8-13-3-1-2-4-17(13)26(24,25)21-15-5-6-16-14-7-12(9-20-10-14)11-22(16)18(15)23/h1-6,12,14,20-21H,7,9-11H2. The van der Waals surface area contributed by atoms with Crippen LogP contribution in [0.1, 0.15) is 23.6 Å². The minimum absolute atomic E-state index is 0.00873. The van der Waals surface area contributed by atoms with Gasteiger partial charge in [0, 0.05) is 24.7 Å². The summed E-state index contributed by atoms with van der Waals surface area (Å²) in [6.07, 6.45) is 1.05. The van der Waals surface area contributed by atoms with E-state index >= 15 is 0 Å². The molecule has 2 aliphatic heterocycles. The van der Waals surface area contributed by atoms with Crippen molar-refractivity contribution in [3.05, 3.63) is 58.0 Å². The zero-order valence-corrected chi connectivity index (χ0v) is 14.8. The van der Waals surface area contributed by atoms with E-state index in [9.17, 15) is 13.2 Å². The SMILES string of the molecule is N#Cc1ccccc1S(=O)(=O)Nc1ccc2n(c1=O)CC1CNCC2C1. The fourth-order valence-corrected chi connectivity index (χ4v) is 5.08. The molecular formula is C18H18N4O3S. The topological polar surface area (TPSA) is 104 Å². The van der Waals surface area contributed by atoms with Gasteiger partial charge in [-0.1, -0.05) is 12.1 Å². The lowest BCUT2D eigenvalue weighted by molar-refractivity contribution is 0.257. The van der Waals surface area contributed by atoms with Crippen molar-refractivity contribution in [2.45, 2.75) is 23.8 Å². The highest BCUT2D eigenvalue weighted by molar-refractivity contribution is 7.92. The predicted molar refractivity (Wildman–Crippen MR) is 96.4 cm³/mol. The van der Waals surface area contributed by atoms with Gasteiger partial charge in [0.15, 0.2) is 0 Å². The maximum Gasteiger partial charge on any atom is 0.275 e. The van der Waals surface area contributed by atoms with Gasteiger partial charge in [-0.05, 0) is 43.1 Å². The van der Waals surface area contributed by atoms with Crippen LogP contribution in [0.5, 0.6) is 0 Å². The van der Waals surface area contributed by atoms with Crippen LogP contribution < -0.4 is 15.6 Å². The lowest BCUT2D eigenvalue weighted by Crippen LogP contribution is -2.45. The molecule has 2 unspecified atom stereocenters. The predicted octanol–water partition coefficient (Wildman–Crippen LogP) is 1.23. The first-order chi connectivity index (χ1) is 12.5. The molecule has 1 fully saturated rings. The van der Waals surface area contributed by atoms with Gasteiger partial charge in [0.25, 0.3) is 15.6 Å². The van der Waals surface area contributed by atoms with E-state index in [1.54, 1.807) is 16.7 Å². The first-order valence-corrected chi connectivity index (χ1v) is 9.94. The number of rotatable bonds is 3. The smallest absolute Gasteiger partial charge is 0.275 e. The highest BCUT2D eigenvalue weighted by Crippen LogP contribution is 2.32.